The van der Waals surface area contributed by atoms with Gasteiger partial charge in [0.05, 0.1) is 6.10 Å². The van der Waals surface area contributed by atoms with Gasteiger partial charge >= 0.3 is 0 Å². The number of hydrogen-bond acceptors (Lipinski definition) is 1. The molecule has 8 heavy (non-hydrogen) atoms. The topological polar surface area (TPSA) is 9.23 Å². The molecule has 0 aliphatic heterocycles. The predicted octanol–water partition coefficient (Wildman–Crippen LogP) is 1.68. The van der Waals surface area contributed by atoms with Crippen molar-refractivity contribution >= 4 is 0 Å². The second kappa shape index (κ2) is 3.78. The molecule has 0 radical (unpaired) electrons. The lowest BCUT2D eigenvalue weighted by Crippen LogP contribution is -2.14. The molecular formula is C5H10F2O. The van der Waals surface area contributed by atoms with Gasteiger partial charge in [0.2, 0.25) is 6.36 Å². The molecule has 0 heterocycles. The van der Waals surface area contributed by atoms with E-state index < -0.39 is 13.0 Å². The maximum Gasteiger partial charge on any atom is 0.227 e. The van der Waals surface area contributed by atoms with Crippen LogP contribution in [-0.2, 0) is 4.74 Å². The van der Waals surface area contributed by atoms with Gasteiger partial charge in [-0.25, -0.2) is 8.78 Å². The monoisotopic (exact) mass is 124 g/mol. The Morgan fingerprint density at radius 1 is 1.50 bits per heavy atom. The lowest BCUT2D eigenvalue weighted by molar-refractivity contribution is -0.0822. The molecule has 0 saturated carbocycles. The van der Waals surface area contributed by atoms with E-state index in [9.17, 15) is 8.78 Å². The molecule has 0 aromatic rings. The molecule has 0 bridgehead atoms. The fraction of sp³-hybridized carbons (Fsp3) is 1.00. The van der Waals surface area contributed by atoms with Crippen LogP contribution in [0.2, 0.25) is 0 Å². The van der Waals surface area contributed by atoms with Gasteiger partial charge in [0.25, 0.3) is 0 Å². The van der Waals surface area contributed by atoms with Crippen LogP contribution in [0.3, 0.4) is 0 Å². The van der Waals surface area contributed by atoms with E-state index in [4.69, 9.17) is 0 Å². The van der Waals surface area contributed by atoms with Gasteiger partial charge < -0.3 is 4.74 Å². The first-order chi connectivity index (χ1) is 3.66. The highest BCUT2D eigenvalue weighted by atomic mass is 19.2. The maximum atomic E-state index is 11.8. The van der Waals surface area contributed by atoms with Gasteiger partial charge in [-0.3, -0.25) is 0 Å². The Kier molecular flexibility index (Phi) is 3.69. The highest BCUT2D eigenvalue weighted by Gasteiger charge is 2.05. The zero-order valence-corrected chi connectivity index (χ0v) is 5.03. The smallest absolute Gasteiger partial charge is 0.227 e. The average molecular weight is 124 g/mol. The first kappa shape index (κ1) is 7.82. The van der Waals surface area contributed by atoms with Crippen LogP contribution in [0.4, 0.5) is 8.78 Å². The molecule has 0 aromatic carbocycles. The predicted molar refractivity (Wildman–Crippen MR) is 27.1 cm³/mol. The van der Waals surface area contributed by atoms with E-state index in [2.05, 4.69) is 4.74 Å². The zero-order valence-electron chi connectivity index (χ0n) is 5.03. The molecule has 0 aliphatic carbocycles. The Labute approximate surface area is 47.6 Å². The molecule has 0 N–H and O–H groups in total. The van der Waals surface area contributed by atoms with Gasteiger partial charge in [-0.1, -0.05) is 0 Å². The molecule has 0 rings (SSSR count). The molecule has 0 aromatic heterocycles. The standard InChI is InChI=1S/C5H10F2O/c1-4(2)8-5(7)3-6/h4-5H,3H2,1-2H3. The molecule has 1 nitrogen and oxygen atoms in total. The normalized spacial score (nSPS) is 14.6. The SMILES string of the molecule is CC(C)OC(F)CF. The molecule has 0 saturated heterocycles. The van der Waals surface area contributed by atoms with Crippen molar-refractivity contribution in [1.82, 2.24) is 0 Å². The quantitative estimate of drug-likeness (QED) is 0.556. The van der Waals surface area contributed by atoms with E-state index >= 15 is 0 Å². The van der Waals surface area contributed by atoms with Gasteiger partial charge in [0.15, 0.2) is 0 Å². The second-order valence-electron chi connectivity index (χ2n) is 1.75. The summed E-state index contributed by atoms with van der Waals surface area (Å²) in [5.41, 5.74) is 0. The fourth-order valence-electron chi connectivity index (χ4n) is 0.332. The summed E-state index contributed by atoms with van der Waals surface area (Å²) in [5, 5.41) is 0. The summed E-state index contributed by atoms with van der Waals surface area (Å²) in [6.07, 6.45) is -1.98. The fourth-order valence-corrected chi connectivity index (χ4v) is 0.332. The van der Waals surface area contributed by atoms with Crippen molar-refractivity contribution in [3.05, 3.63) is 0 Å². The van der Waals surface area contributed by atoms with Crippen LogP contribution in [0, 0.1) is 0 Å². The summed E-state index contributed by atoms with van der Waals surface area (Å²) in [7, 11) is 0. The van der Waals surface area contributed by atoms with Crippen LogP contribution in [-0.4, -0.2) is 19.1 Å². The Bertz CT molecular complexity index is 56.4. The van der Waals surface area contributed by atoms with Gasteiger partial charge in [-0.2, -0.15) is 0 Å². The minimum absolute atomic E-state index is 0.235. The molecule has 3 heteroatoms. The lowest BCUT2D eigenvalue weighted by atomic mass is 10.5. The van der Waals surface area contributed by atoms with Crippen LogP contribution < -0.4 is 0 Å². The number of hydrogen-bond donors (Lipinski definition) is 0. The van der Waals surface area contributed by atoms with Crippen molar-refractivity contribution in [1.29, 1.82) is 0 Å². The first-order valence-corrected chi connectivity index (χ1v) is 2.52. The van der Waals surface area contributed by atoms with Crippen LogP contribution >= 0.6 is 0 Å². The molecule has 0 aliphatic rings. The van der Waals surface area contributed by atoms with Crippen molar-refractivity contribution in [2.24, 2.45) is 0 Å². The molecule has 50 valence electrons. The molecule has 0 spiro atoms. The third-order valence-electron chi connectivity index (χ3n) is 0.541. The number of alkyl halides is 2. The van der Waals surface area contributed by atoms with E-state index in [1.165, 1.54) is 0 Å². The third-order valence-corrected chi connectivity index (χ3v) is 0.541. The van der Waals surface area contributed by atoms with Gasteiger partial charge in [0.1, 0.15) is 6.67 Å². The molecule has 0 fully saturated rings. The lowest BCUT2D eigenvalue weighted by Gasteiger charge is -2.07. The van der Waals surface area contributed by atoms with E-state index in [1.54, 1.807) is 13.8 Å². The summed E-state index contributed by atoms with van der Waals surface area (Å²) in [6.45, 7) is 2.25. The number of ether oxygens (including phenoxy) is 1. The van der Waals surface area contributed by atoms with E-state index in [0.717, 1.165) is 0 Å². The van der Waals surface area contributed by atoms with Crippen molar-refractivity contribution in [2.45, 2.75) is 26.3 Å². The third kappa shape index (κ3) is 3.99. The van der Waals surface area contributed by atoms with E-state index in [1.807, 2.05) is 0 Å². The minimum atomic E-state index is -1.74. The largest absolute Gasteiger partial charge is 0.343 e. The molecule has 1 unspecified atom stereocenters. The maximum absolute atomic E-state index is 11.8. The van der Waals surface area contributed by atoms with Crippen molar-refractivity contribution in [3.63, 3.8) is 0 Å². The van der Waals surface area contributed by atoms with Gasteiger partial charge in [-0.15, -0.1) is 0 Å². The first-order valence-electron chi connectivity index (χ1n) is 2.52. The van der Waals surface area contributed by atoms with Gasteiger partial charge in [-0.05, 0) is 13.8 Å². The van der Waals surface area contributed by atoms with Crippen LogP contribution in [0.5, 0.6) is 0 Å². The van der Waals surface area contributed by atoms with E-state index in [0.29, 0.717) is 0 Å². The van der Waals surface area contributed by atoms with Crippen LogP contribution in [0.15, 0.2) is 0 Å². The Balaban J connectivity index is 3.10. The molecular weight excluding hydrogens is 114 g/mol. The zero-order chi connectivity index (χ0) is 6.57. The van der Waals surface area contributed by atoms with Crippen molar-refractivity contribution in [3.8, 4) is 0 Å². The molecule has 1 atom stereocenters. The highest BCUT2D eigenvalue weighted by molar-refractivity contribution is 4.40. The molecule has 0 amide bonds. The highest BCUT2D eigenvalue weighted by Crippen LogP contribution is 1.98. The Morgan fingerprint density at radius 2 is 2.00 bits per heavy atom. The van der Waals surface area contributed by atoms with Crippen molar-refractivity contribution in [2.75, 3.05) is 6.67 Å². The van der Waals surface area contributed by atoms with Crippen molar-refractivity contribution < 1.29 is 13.5 Å². The Hall–Kier alpha value is -0.180. The summed E-state index contributed by atoms with van der Waals surface area (Å²) < 4.78 is 27.4. The van der Waals surface area contributed by atoms with E-state index in [-0.39, 0.29) is 6.10 Å². The summed E-state index contributed by atoms with van der Waals surface area (Å²) >= 11 is 0. The minimum Gasteiger partial charge on any atom is -0.343 e. The second-order valence-corrected chi connectivity index (χ2v) is 1.75. The number of rotatable bonds is 3. The Morgan fingerprint density at radius 3 is 2.12 bits per heavy atom. The van der Waals surface area contributed by atoms with Crippen LogP contribution in [0.1, 0.15) is 13.8 Å². The summed E-state index contributed by atoms with van der Waals surface area (Å²) in [6, 6.07) is 0. The van der Waals surface area contributed by atoms with Gasteiger partial charge in [0, 0.05) is 0 Å². The average Bonchev–Trinajstić information content (AvgIpc) is 1.65. The summed E-state index contributed by atoms with van der Waals surface area (Å²) in [4.78, 5) is 0. The summed E-state index contributed by atoms with van der Waals surface area (Å²) in [5.74, 6) is 0. The number of halogens is 2. The van der Waals surface area contributed by atoms with Crippen LogP contribution in [0.25, 0.3) is 0 Å².